The number of hydrogen-bond acceptors (Lipinski definition) is 2. The molecular weight excluding hydrogens is 242 g/mol. The van der Waals surface area contributed by atoms with E-state index in [1.165, 1.54) is 11.9 Å². The van der Waals surface area contributed by atoms with E-state index in [0.29, 0.717) is 13.0 Å². The molecule has 98 valence electrons. The van der Waals surface area contributed by atoms with Crippen LogP contribution in [0.25, 0.3) is 10.8 Å². The molecule has 4 heteroatoms. The normalized spacial score (nSPS) is 10.4. The van der Waals surface area contributed by atoms with Gasteiger partial charge in [-0.2, -0.15) is 0 Å². The number of aliphatic carboxylic acids is 1. The molecule has 4 nitrogen and oxygen atoms in total. The van der Waals surface area contributed by atoms with Crippen molar-refractivity contribution in [2.45, 2.75) is 6.42 Å². The zero-order chi connectivity index (χ0) is 13.8. The number of amides is 1. The fraction of sp³-hybridized carbons (Fsp3) is 0.200. The summed E-state index contributed by atoms with van der Waals surface area (Å²) >= 11 is 0. The molecule has 0 bridgehead atoms. The van der Waals surface area contributed by atoms with Crippen molar-refractivity contribution in [3.05, 3.63) is 48.0 Å². The summed E-state index contributed by atoms with van der Waals surface area (Å²) in [5.74, 6) is -2.29. The van der Waals surface area contributed by atoms with E-state index in [9.17, 15) is 9.59 Å². The number of carboxylic acid groups (broad SMARTS) is 1. The number of likely N-dealkylation sites (N-methyl/N-ethyl adjacent to an activating group) is 1. The van der Waals surface area contributed by atoms with Gasteiger partial charge in [-0.05, 0) is 22.8 Å². The molecule has 1 N–H and O–H groups in total. The van der Waals surface area contributed by atoms with Crippen LogP contribution in [-0.4, -0.2) is 35.5 Å². The van der Waals surface area contributed by atoms with Gasteiger partial charge in [-0.15, -0.1) is 0 Å². The standard InChI is InChI=1S/C15H15NO3/c1-16(14(17)15(18)19)10-9-12-7-4-6-11-5-2-3-8-13(11)12/h2-8H,9-10H2,1H3,(H,18,19). The molecule has 0 aliphatic carbocycles. The molecule has 2 aromatic rings. The van der Waals surface area contributed by atoms with Crippen molar-refractivity contribution in [3.8, 4) is 0 Å². The SMILES string of the molecule is CN(CCc1cccc2ccccc12)C(=O)C(=O)O. The Morgan fingerprint density at radius 1 is 1.11 bits per heavy atom. The third-order valence-electron chi connectivity index (χ3n) is 3.13. The number of rotatable bonds is 3. The number of carboxylic acids is 1. The Morgan fingerprint density at radius 3 is 2.53 bits per heavy atom. The Morgan fingerprint density at radius 2 is 1.79 bits per heavy atom. The van der Waals surface area contributed by atoms with Crippen LogP contribution >= 0.6 is 0 Å². The van der Waals surface area contributed by atoms with Crippen molar-refractivity contribution in [1.82, 2.24) is 4.90 Å². The van der Waals surface area contributed by atoms with Crippen LogP contribution in [0.5, 0.6) is 0 Å². The average Bonchev–Trinajstić information content (AvgIpc) is 2.43. The average molecular weight is 257 g/mol. The van der Waals surface area contributed by atoms with E-state index >= 15 is 0 Å². The lowest BCUT2D eigenvalue weighted by molar-refractivity contribution is -0.155. The molecule has 0 spiro atoms. The second kappa shape index (κ2) is 5.52. The minimum atomic E-state index is -1.42. The van der Waals surface area contributed by atoms with Gasteiger partial charge in [0.05, 0.1) is 0 Å². The number of benzene rings is 2. The predicted octanol–water partition coefficient (Wildman–Crippen LogP) is 1.93. The van der Waals surface area contributed by atoms with Crippen LogP contribution in [0.15, 0.2) is 42.5 Å². The maximum absolute atomic E-state index is 11.3. The molecule has 19 heavy (non-hydrogen) atoms. The Bertz CT molecular complexity index is 616. The zero-order valence-electron chi connectivity index (χ0n) is 10.7. The number of carbonyl (C=O) groups is 2. The van der Waals surface area contributed by atoms with E-state index in [1.807, 2.05) is 42.5 Å². The van der Waals surface area contributed by atoms with Gasteiger partial charge in [0.2, 0.25) is 0 Å². The van der Waals surface area contributed by atoms with Crippen molar-refractivity contribution >= 4 is 22.6 Å². The van der Waals surface area contributed by atoms with Crippen molar-refractivity contribution < 1.29 is 14.7 Å². The summed E-state index contributed by atoms with van der Waals surface area (Å²) in [5, 5.41) is 10.9. The highest BCUT2D eigenvalue weighted by Crippen LogP contribution is 2.18. The summed E-state index contributed by atoms with van der Waals surface area (Å²) in [5.41, 5.74) is 1.11. The first-order chi connectivity index (χ1) is 9.09. The van der Waals surface area contributed by atoms with Crippen molar-refractivity contribution in [3.63, 3.8) is 0 Å². The Balaban J connectivity index is 2.14. The fourth-order valence-corrected chi connectivity index (χ4v) is 2.06. The lowest BCUT2D eigenvalue weighted by Crippen LogP contribution is -2.34. The number of nitrogens with zero attached hydrogens (tertiary/aromatic N) is 1. The van der Waals surface area contributed by atoms with E-state index in [4.69, 9.17) is 5.11 Å². The molecule has 0 aliphatic heterocycles. The predicted molar refractivity (Wildman–Crippen MR) is 72.9 cm³/mol. The Kier molecular flexibility index (Phi) is 3.80. The van der Waals surface area contributed by atoms with Crippen LogP contribution in [0.3, 0.4) is 0 Å². The van der Waals surface area contributed by atoms with Crippen LogP contribution in [0, 0.1) is 0 Å². The Labute approximate surface area is 111 Å². The zero-order valence-corrected chi connectivity index (χ0v) is 10.7. The highest BCUT2D eigenvalue weighted by molar-refractivity contribution is 6.31. The highest BCUT2D eigenvalue weighted by Gasteiger charge is 2.16. The molecule has 0 saturated heterocycles. The highest BCUT2D eigenvalue weighted by atomic mass is 16.4. The second-order valence-corrected chi connectivity index (χ2v) is 4.42. The lowest BCUT2D eigenvalue weighted by atomic mass is 10.0. The number of fused-ring (bicyclic) bond motifs is 1. The molecule has 2 aromatic carbocycles. The molecule has 0 radical (unpaired) electrons. The monoisotopic (exact) mass is 257 g/mol. The third kappa shape index (κ3) is 2.91. The maximum Gasteiger partial charge on any atom is 0.394 e. The summed E-state index contributed by atoms with van der Waals surface area (Å²) in [7, 11) is 1.50. The topological polar surface area (TPSA) is 57.6 Å². The summed E-state index contributed by atoms with van der Waals surface area (Å²) in [6, 6.07) is 14.0. The van der Waals surface area contributed by atoms with Crippen LogP contribution in [-0.2, 0) is 16.0 Å². The summed E-state index contributed by atoms with van der Waals surface area (Å²) in [4.78, 5) is 23.1. The van der Waals surface area contributed by atoms with E-state index in [0.717, 1.165) is 16.3 Å². The molecule has 0 saturated carbocycles. The van der Waals surface area contributed by atoms with Gasteiger partial charge < -0.3 is 10.0 Å². The molecule has 0 aliphatic rings. The van der Waals surface area contributed by atoms with Gasteiger partial charge in [-0.25, -0.2) is 4.79 Å². The molecule has 2 rings (SSSR count). The first kappa shape index (κ1) is 13.1. The summed E-state index contributed by atoms with van der Waals surface area (Å²) < 4.78 is 0. The smallest absolute Gasteiger partial charge is 0.394 e. The van der Waals surface area contributed by atoms with Crippen LogP contribution in [0.1, 0.15) is 5.56 Å². The van der Waals surface area contributed by atoms with Crippen LogP contribution in [0.4, 0.5) is 0 Å². The molecular formula is C15H15NO3. The number of hydrogen-bond donors (Lipinski definition) is 1. The van der Waals surface area contributed by atoms with Gasteiger partial charge in [0.1, 0.15) is 0 Å². The summed E-state index contributed by atoms with van der Waals surface area (Å²) in [6.45, 7) is 0.388. The minimum absolute atomic E-state index is 0.388. The quantitative estimate of drug-likeness (QED) is 0.855. The van der Waals surface area contributed by atoms with E-state index in [1.54, 1.807) is 0 Å². The van der Waals surface area contributed by atoms with Gasteiger partial charge in [-0.1, -0.05) is 42.5 Å². The minimum Gasteiger partial charge on any atom is -0.474 e. The summed E-state index contributed by atoms with van der Waals surface area (Å²) in [6.07, 6.45) is 0.636. The van der Waals surface area contributed by atoms with Crippen LogP contribution in [0.2, 0.25) is 0 Å². The largest absolute Gasteiger partial charge is 0.474 e. The molecule has 0 aromatic heterocycles. The molecule has 0 unspecified atom stereocenters. The van der Waals surface area contributed by atoms with Gasteiger partial charge in [0, 0.05) is 13.6 Å². The van der Waals surface area contributed by atoms with Crippen LogP contribution < -0.4 is 0 Å². The van der Waals surface area contributed by atoms with Crippen molar-refractivity contribution in [1.29, 1.82) is 0 Å². The second-order valence-electron chi connectivity index (χ2n) is 4.42. The van der Waals surface area contributed by atoms with Gasteiger partial charge in [0.15, 0.2) is 0 Å². The first-order valence-electron chi connectivity index (χ1n) is 6.04. The molecule has 0 heterocycles. The third-order valence-corrected chi connectivity index (χ3v) is 3.13. The van der Waals surface area contributed by atoms with Gasteiger partial charge in [0.25, 0.3) is 0 Å². The molecule has 0 fully saturated rings. The van der Waals surface area contributed by atoms with Gasteiger partial charge in [-0.3, -0.25) is 4.79 Å². The molecule has 1 amide bonds. The maximum atomic E-state index is 11.3. The lowest BCUT2D eigenvalue weighted by Gasteiger charge is -2.15. The van der Waals surface area contributed by atoms with Crippen molar-refractivity contribution in [2.75, 3.05) is 13.6 Å². The van der Waals surface area contributed by atoms with E-state index < -0.39 is 11.9 Å². The van der Waals surface area contributed by atoms with Crippen molar-refractivity contribution in [2.24, 2.45) is 0 Å². The fourth-order valence-electron chi connectivity index (χ4n) is 2.06. The van der Waals surface area contributed by atoms with Gasteiger partial charge >= 0.3 is 11.9 Å². The molecule has 0 atom stereocenters. The van der Waals surface area contributed by atoms with E-state index in [2.05, 4.69) is 0 Å². The Hall–Kier alpha value is -2.36. The first-order valence-corrected chi connectivity index (χ1v) is 6.04. The van der Waals surface area contributed by atoms with E-state index in [-0.39, 0.29) is 0 Å². The number of carbonyl (C=O) groups excluding carboxylic acids is 1.